The number of sulfone groups is 1. The van der Waals surface area contributed by atoms with Crippen molar-refractivity contribution in [3.8, 4) is 5.75 Å². The molecule has 0 atom stereocenters. The highest BCUT2D eigenvalue weighted by molar-refractivity contribution is 7.93. The third-order valence-corrected chi connectivity index (χ3v) is 7.05. The quantitative estimate of drug-likeness (QED) is 0.411. The summed E-state index contributed by atoms with van der Waals surface area (Å²) in [6.45, 7) is -0.463. The summed E-state index contributed by atoms with van der Waals surface area (Å²) in [7, 11) is -3.96. The Labute approximate surface area is 178 Å². The summed E-state index contributed by atoms with van der Waals surface area (Å²) >= 11 is 6.51. The average molecular weight is 472 g/mol. The summed E-state index contributed by atoms with van der Waals surface area (Å²) in [6.07, 6.45) is 1.06. The molecule has 0 radical (unpaired) electrons. The fraction of sp³-hybridized carbons (Fsp3) is 0.0588. The van der Waals surface area contributed by atoms with E-state index in [4.69, 9.17) is 16.3 Å². The van der Waals surface area contributed by atoms with E-state index in [0.29, 0.717) is 11.3 Å². The number of carbonyl (C=O) groups is 1. The third kappa shape index (κ3) is 4.90. The number of nitro groups is 1. The number of hydrogen-bond donors (Lipinski definition) is 1. The lowest BCUT2D eigenvalue weighted by molar-refractivity contribution is -0.384. The first kappa shape index (κ1) is 21.6. The van der Waals surface area contributed by atoms with E-state index in [1.165, 1.54) is 6.07 Å². The number of thiazole rings is 1. The molecule has 0 saturated carbocycles. The molecule has 3 rings (SSSR count). The van der Waals surface area contributed by atoms with E-state index in [0.717, 1.165) is 42.6 Å². The number of carbonyl (C=O) groups excluding carboxylic acids is 1. The van der Waals surface area contributed by atoms with Crippen LogP contribution in [0.4, 0.5) is 15.2 Å². The highest BCUT2D eigenvalue weighted by atomic mass is 35.5. The zero-order chi connectivity index (χ0) is 21.9. The van der Waals surface area contributed by atoms with Gasteiger partial charge in [0.05, 0.1) is 21.0 Å². The molecule has 1 heterocycles. The Morgan fingerprint density at radius 2 is 1.97 bits per heavy atom. The van der Waals surface area contributed by atoms with Gasteiger partial charge in [-0.3, -0.25) is 20.2 Å². The maximum atomic E-state index is 13.0. The van der Waals surface area contributed by atoms with Crippen LogP contribution in [-0.4, -0.2) is 30.8 Å². The molecule has 1 N–H and O–H groups in total. The minimum atomic E-state index is -3.96. The number of amides is 1. The van der Waals surface area contributed by atoms with Crippen molar-refractivity contribution in [2.75, 3.05) is 11.9 Å². The van der Waals surface area contributed by atoms with Crippen molar-refractivity contribution in [3.63, 3.8) is 0 Å². The second-order valence-electron chi connectivity index (χ2n) is 5.65. The number of rotatable bonds is 7. The number of ether oxygens (including phenoxy) is 1. The molecule has 30 heavy (non-hydrogen) atoms. The van der Waals surface area contributed by atoms with Gasteiger partial charge >= 0.3 is 0 Å². The number of halogens is 2. The molecule has 0 spiro atoms. The van der Waals surface area contributed by atoms with Gasteiger partial charge in [-0.05, 0) is 30.3 Å². The summed E-state index contributed by atoms with van der Waals surface area (Å²) in [5.41, 5.74) is -0.243. The van der Waals surface area contributed by atoms with Crippen molar-refractivity contribution in [1.29, 1.82) is 0 Å². The average Bonchev–Trinajstić information content (AvgIpc) is 3.16. The molecule has 0 bridgehead atoms. The molecule has 0 aliphatic rings. The van der Waals surface area contributed by atoms with Crippen molar-refractivity contribution in [2.24, 2.45) is 0 Å². The predicted molar refractivity (Wildman–Crippen MR) is 106 cm³/mol. The van der Waals surface area contributed by atoms with Crippen LogP contribution >= 0.6 is 22.9 Å². The van der Waals surface area contributed by atoms with Crippen LogP contribution < -0.4 is 10.1 Å². The minimum absolute atomic E-state index is 0.00599. The summed E-state index contributed by atoms with van der Waals surface area (Å²) in [5.74, 6) is -1.08. The Hall–Kier alpha value is -3.09. The van der Waals surface area contributed by atoms with Crippen molar-refractivity contribution in [2.45, 2.75) is 9.10 Å². The zero-order valence-electron chi connectivity index (χ0n) is 14.7. The van der Waals surface area contributed by atoms with Gasteiger partial charge in [0, 0.05) is 12.1 Å². The Balaban J connectivity index is 1.66. The van der Waals surface area contributed by atoms with E-state index in [1.807, 2.05) is 0 Å². The summed E-state index contributed by atoms with van der Waals surface area (Å²) < 4.78 is 43.3. The van der Waals surface area contributed by atoms with Crippen molar-refractivity contribution >= 4 is 49.5 Å². The maximum Gasteiger partial charge on any atom is 0.269 e. The Morgan fingerprint density at radius 1 is 1.27 bits per heavy atom. The van der Waals surface area contributed by atoms with Gasteiger partial charge in [0.15, 0.2) is 11.7 Å². The molecule has 0 aliphatic heterocycles. The second-order valence-corrected chi connectivity index (χ2v) is 9.26. The second kappa shape index (κ2) is 8.73. The topological polar surface area (TPSA) is 128 Å². The van der Waals surface area contributed by atoms with Gasteiger partial charge in [-0.1, -0.05) is 22.9 Å². The van der Waals surface area contributed by atoms with E-state index < -0.39 is 33.1 Å². The van der Waals surface area contributed by atoms with E-state index in [2.05, 4.69) is 10.3 Å². The highest BCUT2D eigenvalue weighted by Crippen LogP contribution is 2.29. The number of aromatic nitrogens is 1. The summed E-state index contributed by atoms with van der Waals surface area (Å²) in [5, 5.41) is 13.1. The van der Waals surface area contributed by atoms with Crippen LogP contribution in [0.3, 0.4) is 0 Å². The predicted octanol–water partition coefficient (Wildman–Crippen LogP) is 3.69. The number of nitrogens with zero attached hydrogens (tertiary/aromatic N) is 2. The summed E-state index contributed by atoms with van der Waals surface area (Å²) in [6, 6.07) is 7.81. The van der Waals surface area contributed by atoms with Gasteiger partial charge in [-0.25, -0.2) is 17.8 Å². The molecular formula is C17H11ClFN3O6S2. The van der Waals surface area contributed by atoms with Gasteiger partial charge < -0.3 is 4.74 Å². The SMILES string of the molecule is O=C(COc1ccc(F)cc1Cl)Nc1ncc(S(=O)(=O)c2ccc([N+](=O)[O-])cc2)s1. The number of non-ortho nitro benzene ring substituents is 1. The lowest BCUT2D eigenvalue weighted by atomic mass is 10.3. The van der Waals surface area contributed by atoms with Gasteiger partial charge in [0.1, 0.15) is 15.8 Å². The first-order chi connectivity index (χ1) is 14.2. The van der Waals surface area contributed by atoms with Crippen LogP contribution in [-0.2, 0) is 14.6 Å². The number of nitro benzene ring substituents is 1. The molecule has 13 heteroatoms. The van der Waals surface area contributed by atoms with Crippen molar-refractivity contribution in [1.82, 2.24) is 4.98 Å². The summed E-state index contributed by atoms with van der Waals surface area (Å²) in [4.78, 5) is 25.7. The number of hydrogen-bond acceptors (Lipinski definition) is 8. The standard InChI is InChI=1S/C17H11ClFN3O6S2/c18-13-7-10(19)1-6-14(13)28-9-15(23)21-17-20-8-16(29-17)30(26,27)12-4-2-11(3-5-12)22(24)25/h1-8H,9H2,(H,20,21,23). The maximum absolute atomic E-state index is 13.0. The van der Waals surface area contributed by atoms with Crippen LogP contribution in [0.1, 0.15) is 0 Å². The van der Waals surface area contributed by atoms with Crippen LogP contribution in [0.25, 0.3) is 0 Å². The molecule has 2 aromatic carbocycles. The Kier molecular flexibility index (Phi) is 6.29. The zero-order valence-corrected chi connectivity index (χ0v) is 17.1. The molecule has 3 aromatic rings. The van der Waals surface area contributed by atoms with Crippen LogP contribution in [0, 0.1) is 15.9 Å². The van der Waals surface area contributed by atoms with Crippen LogP contribution in [0.15, 0.2) is 57.8 Å². The minimum Gasteiger partial charge on any atom is -0.482 e. The molecule has 0 fully saturated rings. The van der Waals surface area contributed by atoms with Crippen molar-refractivity contribution in [3.05, 3.63) is 69.6 Å². The molecule has 9 nitrogen and oxygen atoms in total. The number of nitrogens with one attached hydrogen (secondary N) is 1. The molecule has 1 amide bonds. The molecule has 156 valence electrons. The first-order valence-electron chi connectivity index (χ1n) is 8.00. The van der Waals surface area contributed by atoms with E-state index in [-0.39, 0.29) is 30.7 Å². The molecule has 1 aromatic heterocycles. The fourth-order valence-corrected chi connectivity index (χ4v) is 4.87. The Bertz CT molecular complexity index is 1210. The molecule has 0 aliphatic carbocycles. The highest BCUT2D eigenvalue weighted by Gasteiger charge is 2.22. The normalized spacial score (nSPS) is 11.1. The first-order valence-corrected chi connectivity index (χ1v) is 10.7. The van der Waals surface area contributed by atoms with Crippen molar-refractivity contribution < 1.29 is 27.3 Å². The van der Waals surface area contributed by atoms with Crippen LogP contribution in [0.5, 0.6) is 5.75 Å². The Morgan fingerprint density at radius 3 is 2.60 bits per heavy atom. The van der Waals surface area contributed by atoms with Crippen LogP contribution in [0.2, 0.25) is 5.02 Å². The van der Waals surface area contributed by atoms with Gasteiger partial charge in [0.2, 0.25) is 9.84 Å². The molecule has 0 unspecified atom stereocenters. The lowest BCUT2D eigenvalue weighted by Gasteiger charge is -2.07. The monoisotopic (exact) mass is 471 g/mol. The lowest BCUT2D eigenvalue weighted by Crippen LogP contribution is -2.20. The number of anilines is 1. The van der Waals surface area contributed by atoms with E-state index in [9.17, 15) is 27.7 Å². The van der Waals surface area contributed by atoms with E-state index >= 15 is 0 Å². The smallest absolute Gasteiger partial charge is 0.269 e. The molecule has 0 saturated heterocycles. The fourth-order valence-electron chi connectivity index (χ4n) is 2.20. The van der Waals surface area contributed by atoms with Gasteiger partial charge in [-0.15, -0.1) is 0 Å². The molecular weight excluding hydrogens is 461 g/mol. The largest absolute Gasteiger partial charge is 0.482 e. The van der Waals surface area contributed by atoms with Gasteiger partial charge in [0.25, 0.3) is 11.6 Å². The van der Waals surface area contributed by atoms with E-state index in [1.54, 1.807) is 0 Å². The number of benzene rings is 2. The van der Waals surface area contributed by atoms with Gasteiger partial charge in [-0.2, -0.15) is 0 Å². The third-order valence-electron chi connectivity index (χ3n) is 3.61.